The Kier molecular flexibility index (Phi) is 5.68. The number of amides is 1. The second-order valence-electron chi connectivity index (χ2n) is 7.01. The van der Waals surface area contributed by atoms with E-state index in [1.165, 1.54) is 6.33 Å². The SMILES string of the molecule is CN(C[C@H]1CCCN(C(=O)OC(C)(C)C)C1)c1cc(Cl)ncn1. The number of carbonyl (C=O) groups is 1. The molecule has 0 saturated carbocycles. The van der Waals surface area contributed by atoms with E-state index in [2.05, 4.69) is 14.9 Å². The van der Waals surface area contributed by atoms with E-state index in [1.54, 1.807) is 11.0 Å². The van der Waals surface area contributed by atoms with Crippen LogP contribution < -0.4 is 4.90 Å². The molecular formula is C16H25ClN4O2. The topological polar surface area (TPSA) is 58.6 Å². The fourth-order valence-corrected chi connectivity index (χ4v) is 2.86. The van der Waals surface area contributed by atoms with Gasteiger partial charge in [-0.1, -0.05) is 11.6 Å². The zero-order chi connectivity index (χ0) is 17.0. The van der Waals surface area contributed by atoms with Crippen LogP contribution in [0.1, 0.15) is 33.6 Å². The van der Waals surface area contributed by atoms with E-state index in [9.17, 15) is 4.79 Å². The molecule has 0 radical (unpaired) electrons. The van der Waals surface area contributed by atoms with Gasteiger partial charge in [-0.25, -0.2) is 14.8 Å². The molecule has 0 unspecified atom stereocenters. The largest absolute Gasteiger partial charge is 0.444 e. The summed E-state index contributed by atoms with van der Waals surface area (Å²) in [6.45, 7) is 7.94. The highest BCUT2D eigenvalue weighted by molar-refractivity contribution is 6.29. The number of halogens is 1. The Bertz CT molecular complexity index is 547. The van der Waals surface area contributed by atoms with Crippen molar-refractivity contribution in [1.29, 1.82) is 0 Å². The predicted octanol–water partition coefficient (Wildman–Crippen LogP) is 3.21. The van der Waals surface area contributed by atoms with Gasteiger partial charge in [-0.2, -0.15) is 0 Å². The smallest absolute Gasteiger partial charge is 0.410 e. The van der Waals surface area contributed by atoms with Gasteiger partial charge in [0.1, 0.15) is 22.9 Å². The summed E-state index contributed by atoms with van der Waals surface area (Å²) in [5, 5.41) is 0.431. The molecule has 1 atom stereocenters. The second kappa shape index (κ2) is 7.34. The number of carbonyl (C=O) groups excluding carboxylic acids is 1. The van der Waals surface area contributed by atoms with Crippen LogP contribution in [0.3, 0.4) is 0 Å². The quantitative estimate of drug-likeness (QED) is 0.791. The van der Waals surface area contributed by atoms with Gasteiger partial charge in [0.2, 0.25) is 0 Å². The highest BCUT2D eigenvalue weighted by Gasteiger charge is 2.28. The third kappa shape index (κ3) is 5.53. The van der Waals surface area contributed by atoms with Crippen LogP contribution in [-0.2, 0) is 4.74 Å². The van der Waals surface area contributed by atoms with Crippen LogP contribution in [0.15, 0.2) is 12.4 Å². The zero-order valence-electron chi connectivity index (χ0n) is 14.3. The van der Waals surface area contributed by atoms with Crippen molar-refractivity contribution in [3.63, 3.8) is 0 Å². The second-order valence-corrected chi connectivity index (χ2v) is 7.40. The third-order valence-electron chi connectivity index (χ3n) is 3.71. The summed E-state index contributed by atoms with van der Waals surface area (Å²) in [5.41, 5.74) is -0.460. The lowest BCUT2D eigenvalue weighted by Gasteiger charge is -2.35. The van der Waals surface area contributed by atoms with Crippen LogP contribution in [0.2, 0.25) is 5.15 Å². The minimum atomic E-state index is -0.460. The molecule has 0 aromatic carbocycles. The molecule has 1 aliphatic rings. The maximum atomic E-state index is 12.2. The van der Waals surface area contributed by atoms with Crippen LogP contribution in [0, 0.1) is 5.92 Å². The van der Waals surface area contributed by atoms with Gasteiger partial charge in [0.05, 0.1) is 0 Å². The van der Waals surface area contributed by atoms with Crippen molar-refractivity contribution in [3.05, 3.63) is 17.5 Å². The number of likely N-dealkylation sites (tertiary alicyclic amines) is 1. The van der Waals surface area contributed by atoms with Gasteiger partial charge < -0.3 is 14.5 Å². The molecule has 1 fully saturated rings. The van der Waals surface area contributed by atoms with Crippen molar-refractivity contribution in [2.24, 2.45) is 5.92 Å². The number of piperidine rings is 1. The van der Waals surface area contributed by atoms with Crippen LogP contribution >= 0.6 is 11.6 Å². The molecule has 1 amide bonds. The van der Waals surface area contributed by atoms with Gasteiger partial charge in [-0.15, -0.1) is 0 Å². The fourth-order valence-electron chi connectivity index (χ4n) is 2.72. The first-order valence-electron chi connectivity index (χ1n) is 7.91. The minimum Gasteiger partial charge on any atom is -0.444 e. The summed E-state index contributed by atoms with van der Waals surface area (Å²) in [4.78, 5) is 24.2. The summed E-state index contributed by atoms with van der Waals surface area (Å²) in [5.74, 6) is 1.18. The molecule has 1 saturated heterocycles. The van der Waals surface area contributed by atoms with Gasteiger partial charge in [0, 0.05) is 32.7 Å². The molecule has 0 bridgehead atoms. The average molecular weight is 341 g/mol. The third-order valence-corrected chi connectivity index (χ3v) is 3.92. The summed E-state index contributed by atoms with van der Waals surface area (Å²) >= 11 is 5.91. The maximum absolute atomic E-state index is 12.2. The zero-order valence-corrected chi connectivity index (χ0v) is 15.0. The van der Waals surface area contributed by atoms with E-state index in [0.29, 0.717) is 17.6 Å². The van der Waals surface area contributed by atoms with Gasteiger partial charge in [0.25, 0.3) is 0 Å². The van der Waals surface area contributed by atoms with E-state index < -0.39 is 5.60 Å². The lowest BCUT2D eigenvalue weighted by molar-refractivity contribution is 0.0170. The lowest BCUT2D eigenvalue weighted by atomic mass is 9.98. The van der Waals surface area contributed by atoms with Crippen molar-refractivity contribution < 1.29 is 9.53 Å². The van der Waals surface area contributed by atoms with Crippen LogP contribution in [0.4, 0.5) is 10.6 Å². The van der Waals surface area contributed by atoms with E-state index in [0.717, 1.165) is 31.7 Å². The Labute approximate surface area is 142 Å². The molecular weight excluding hydrogens is 316 g/mol. The van der Waals surface area contributed by atoms with Gasteiger partial charge >= 0.3 is 6.09 Å². The molecule has 0 spiro atoms. The lowest BCUT2D eigenvalue weighted by Crippen LogP contribution is -2.45. The first-order valence-corrected chi connectivity index (χ1v) is 8.29. The summed E-state index contributed by atoms with van der Waals surface area (Å²) in [7, 11) is 1.98. The Morgan fingerprint density at radius 1 is 1.48 bits per heavy atom. The number of hydrogen-bond donors (Lipinski definition) is 0. The maximum Gasteiger partial charge on any atom is 0.410 e. The normalized spacial score (nSPS) is 18.7. The standard InChI is InChI=1S/C16H25ClN4O2/c1-16(2,3)23-15(22)21-7-5-6-12(10-21)9-20(4)14-8-13(17)18-11-19-14/h8,11-12H,5-7,9-10H2,1-4H3/t12-/m1/s1. The molecule has 128 valence electrons. The van der Waals surface area contributed by atoms with Gasteiger partial charge in [-0.3, -0.25) is 0 Å². The Balaban J connectivity index is 1.92. The molecule has 1 aromatic heterocycles. The molecule has 7 heteroatoms. The van der Waals surface area contributed by atoms with E-state index in [1.807, 2.05) is 27.8 Å². The fraction of sp³-hybridized carbons (Fsp3) is 0.688. The van der Waals surface area contributed by atoms with Crippen LogP contribution in [-0.4, -0.2) is 53.2 Å². The van der Waals surface area contributed by atoms with Crippen molar-refractivity contribution in [2.45, 2.75) is 39.2 Å². The van der Waals surface area contributed by atoms with Gasteiger partial charge in [0.15, 0.2) is 0 Å². The molecule has 2 rings (SSSR count). The molecule has 1 aromatic rings. The first kappa shape index (κ1) is 17.8. The van der Waals surface area contributed by atoms with Crippen molar-refractivity contribution >= 4 is 23.5 Å². The van der Waals surface area contributed by atoms with Crippen LogP contribution in [0.5, 0.6) is 0 Å². The molecule has 2 heterocycles. The summed E-state index contributed by atoms with van der Waals surface area (Å²) in [6, 6.07) is 1.75. The highest BCUT2D eigenvalue weighted by atomic mass is 35.5. The summed E-state index contributed by atoms with van der Waals surface area (Å²) < 4.78 is 5.47. The van der Waals surface area contributed by atoms with E-state index in [-0.39, 0.29) is 6.09 Å². The molecule has 23 heavy (non-hydrogen) atoms. The number of ether oxygens (including phenoxy) is 1. The molecule has 0 aliphatic carbocycles. The van der Waals surface area contributed by atoms with E-state index in [4.69, 9.17) is 16.3 Å². The predicted molar refractivity (Wildman–Crippen MR) is 90.8 cm³/mol. The van der Waals surface area contributed by atoms with E-state index >= 15 is 0 Å². The van der Waals surface area contributed by atoms with Crippen molar-refractivity contribution in [3.8, 4) is 0 Å². The number of nitrogens with zero attached hydrogens (tertiary/aromatic N) is 4. The summed E-state index contributed by atoms with van der Waals surface area (Å²) in [6.07, 6.45) is 3.31. The minimum absolute atomic E-state index is 0.227. The monoisotopic (exact) mass is 340 g/mol. The van der Waals surface area contributed by atoms with Gasteiger partial charge in [-0.05, 0) is 39.5 Å². The highest BCUT2D eigenvalue weighted by Crippen LogP contribution is 2.22. The number of anilines is 1. The molecule has 1 aliphatic heterocycles. The van der Waals surface area contributed by atoms with Crippen molar-refractivity contribution in [2.75, 3.05) is 31.6 Å². The first-order chi connectivity index (χ1) is 10.7. The number of hydrogen-bond acceptors (Lipinski definition) is 5. The Morgan fingerprint density at radius 3 is 2.87 bits per heavy atom. The Hall–Kier alpha value is -1.56. The average Bonchev–Trinajstić information content (AvgIpc) is 2.45. The van der Waals surface area contributed by atoms with Crippen LogP contribution in [0.25, 0.3) is 0 Å². The molecule has 0 N–H and O–H groups in total. The number of rotatable bonds is 3. The molecule has 6 nitrogen and oxygen atoms in total. The van der Waals surface area contributed by atoms with Crippen molar-refractivity contribution in [1.82, 2.24) is 14.9 Å². The Morgan fingerprint density at radius 2 is 2.22 bits per heavy atom. The number of aromatic nitrogens is 2.